The van der Waals surface area contributed by atoms with Gasteiger partial charge in [0.1, 0.15) is 0 Å². The highest BCUT2D eigenvalue weighted by atomic mass is 32.2. The van der Waals surface area contributed by atoms with Gasteiger partial charge in [-0.1, -0.05) is 34.9 Å². The van der Waals surface area contributed by atoms with Crippen molar-refractivity contribution in [1.82, 2.24) is 10.2 Å². The van der Waals surface area contributed by atoms with Crippen molar-refractivity contribution in [1.29, 1.82) is 0 Å². The maximum atomic E-state index is 9.35. The van der Waals surface area contributed by atoms with E-state index in [9.17, 15) is 5.11 Å². The number of hydrogen-bond acceptors (Lipinski definition) is 7. The molecule has 1 fully saturated rings. The van der Waals surface area contributed by atoms with Crippen molar-refractivity contribution < 1.29 is 5.11 Å². The second kappa shape index (κ2) is 5.22. The highest BCUT2D eigenvalue weighted by Crippen LogP contribution is 2.41. The summed E-state index contributed by atoms with van der Waals surface area (Å²) in [6.45, 7) is 0.0544. The number of hydrogen-bond donors (Lipinski definition) is 2. The molecule has 0 aromatic carbocycles. The van der Waals surface area contributed by atoms with Crippen LogP contribution in [0.2, 0.25) is 0 Å². The lowest BCUT2D eigenvalue weighted by molar-refractivity contribution is 0.194. The van der Waals surface area contributed by atoms with E-state index in [0.717, 1.165) is 27.3 Å². The van der Waals surface area contributed by atoms with E-state index in [0.29, 0.717) is 5.92 Å². The molecule has 1 unspecified atom stereocenters. The van der Waals surface area contributed by atoms with Crippen molar-refractivity contribution in [3.63, 3.8) is 0 Å². The molecule has 2 rings (SSSR count). The van der Waals surface area contributed by atoms with E-state index in [1.807, 2.05) is 6.26 Å². The molecule has 4 nitrogen and oxygen atoms in total. The van der Waals surface area contributed by atoms with Crippen molar-refractivity contribution in [3.8, 4) is 0 Å². The lowest BCUT2D eigenvalue weighted by Crippen LogP contribution is -2.48. The molecule has 0 radical (unpaired) electrons. The molecule has 16 heavy (non-hydrogen) atoms. The summed E-state index contributed by atoms with van der Waals surface area (Å²) in [5.74, 6) is 1.20. The second-order valence-corrected chi connectivity index (χ2v) is 7.25. The predicted molar refractivity (Wildman–Crippen MR) is 69.1 cm³/mol. The van der Waals surface area contributed by atoms with Gasteiger partial charge in [0.15, 0.2) is 8.68 Å². The maximum absolute atomic E-state index is 9.35. The Hall–Kier alpha value is 0.180. The summed E-state index contributed by atoms with van der Waals surface area (Å²) in [6, 6.07) is 0. The SMILES string of the molecule is CSc1nnc(SCC(N)(CO)C2CC2)s1. The molecule has 0 bridgehead atoms. The van der Waals surface area contributed by atoms with E-state index < -0.39 is 5.54 Å². The van der Waals surface area contributed by atoms with Gasteiger partial charge in [-0.15, -0.1) is 10.2 Å². The van der Waals surface area contributed by atoms with Crippen LogP contribution in [0.15, 0.2) is 8.68 Å². The van der Waals surface area contributed by atoms with Gasteiger partial charge in [-0.05, 0) is 25.0 Å². The third kappa shape index (κ3) is 2.89. The van der Waals surface area contributed by atoms with Crippen LogP contribution >= 0.6 is 34.9 Å². The highest BCUT2D eigenvalue weighted by molar-refractivity contribution is 8.03. The maximum Gasteiger partial charge on any atom is 0.175 e. The van der Waals surface area contributed by atoms with Crippen LogP contribution in [0.1, 0.15) is 12.8 Å². The number of aliphatic hydroxyl groups excluding tert-OH is 1. The number of aliphatic hydroxyl groups is 1. The molecule has 90 valence electrons. The molecule has 7 heteroatoms. The van der Waals surface area contributed by atoms with Gasteiger partial charge < -0.3 is 10.8 Å². The predicted octanol–water partition coefficient (Wildman–Crippen LogP) is 1.45. The zero-order chi connectivity index (χ0) is 11.6. The number of thioether (sulfide) groups is 2. The molecule has 0 aliphatic heterocycles. The van der Waals surface area contributed by atoms with E-state index in [1.165, 1.54) is 0 Å². The van der Waals surface area contributed by atoms with Crippen LogP contribution in [0.4, 0.5) is 0 Å². The first-order valence-corrected chi connectivity index (χ1v) is 8.10. The number of aromatic nitrogens is 2. The minimum atomic E-state index is -0.435. The summed E-state index contributed by atoms with van der Waals surface area (Å²) in [4.78, 5) is 0. The topological polar surface area (TPSA) is 72.0 Å². The number of rotatable bonds is 6. The first-order chi connectivity index (χ1) is 7.68. The fourth-order valence-corrected chi connectivity index (χ4v) is 4.12. The lowest BCUT2D eigenvalue weighted by atomic mass is 9.99. The van der Waals surface area contributed by atoms with Crippen LogP contribution in [-0.2, 0) is 0 Å². The Morgan fingerprint density at radius 1 is 1.50 bits per heavy atom. The van der Waals surface area contributed by atoms with E-state index in [1.54, 1.807) is 34.9 Å². The summed E-state index contributed by atoms with van der Waals surface area (Å²) in [5.41, 5.74) is 5.74. The van der Waals surface area contributed by atoms with Crippen molar-refractivity contribution >= 4 is 34.9 Å². The Labute approximate surface area is 107 Å². The third-order valence-electron chi connectivity index (χ3n) is 2.71. The first-order valence-electron chi connectivity index (χ1n) is 5.08. The van der Waals surface area contributed by atoms with E-state index >= 15 is 0 Å². The molecule has 1 aromatic rings. The Morgan fingerprint density at radius 3 is 2.69 bits per heavy atom. The summed E-state index contributed by atoms with van der Waals surface area (Å²) >= 11 is 4.78. The Kier molecular flexibility index (Phi) is 4.12. The van der Waals surface area contributed by atoms with E-state index in [4.69, 9.17) is 5.73 Å². The van der Waals surface area contributed by atoms with Crippen molar-refractivity contribution in [2.24, 2.45) is 11.7 Å². The molecule has 1 aliphatic carbocycles. The Bertz CT molecular complexity index is 356. The van der Waals surface area contributed by atoms with Crippen molar-refractivity contribution in [3.05, 3.63) is 0 Å². The minimum Gasteiger partial charge on any atom is -0.394 e. The fourth-order valence-electron chi connectivity index (χ4n) is 1.48. The van der Waals surface area contributed by atoms with Gasteiger partial charge in [0, 0.05) is 5.75 Å². The summed E-state index contributed by atoms with van der Waals surface area (Å²) in [5, 5.41) is 17.5. The molecule has 0 spiro atoms. The number of nitrogens with two attached hydrogens (primary N) is 1. The quantitative estimate of drug-likeness (QED) is 0.767. The van der Waals surface area contributed by atoms with Gasteiger partial charge in [-0.3, -0.25) is 0 Å². The van der Waals surface area contributed by atoms with Gasteiger partial charge in [0.2, 0.25) is 0 Å². The average molecular weight is 277 g/mol. The van der Waals surface area contributed by atoms with Crippen molar-refractivity contribution in [2.45, 2.75) is 27.1 Å². The third-order valence-corrected chi connectivity index (χ3v) is 6.02. The number of nitrogens with zero attached hydrogens (tertiary/aromatic N) is 2. The highest BCUT2D eigenvalue weighted by Gasteiger charge is 2.41. The fraction of sp³-hybridized carbons (Fsp3) is 0.778. The van der Waals surface area contributed by atoms with E-state index in [2.05, 4.69) is 10.2 Å². The van der Waals surface area contributed by atoms with Gasteiger partial charge in [-0.2, -0.15) is 0 Å². The molecular weight excluding hydrogens is 262 g/mol. The van der Waals surface area contributed by atoms with Crippen LogP contribution in [0.25, 0.3) is 0 Å². The van der Waals surface area contributed by atoms with Crippen molar-refractivity contribution in [2.75, 3.05) is 18.6 Å². The smallest absolute Gasteiger partial charge is 0.175 e. The second-order valence-electron chi connectivity index (χ2n) is 3.99. The standard InChI is InChI=1S/C9H15N3OS3/c1-14-7-11-12-8(16-7)15-5-9(10,4-13)6-2-3-6/h6,13H,2-5,10H2,1H3. The molecule has 1 aliphatic rings. The molecule has 1 saturated carbocycles. The molecule has 1 aromatic heterocycles. The molecule has 1 atom stereocenters. The van der Waals surface area contributed by atoms with Gasteiger partial charge >= 0.3 is 0 Å². The molecular formula is C9H15N3OS3. The Morgan fingerprint density at radius 2 is 2.19 bits per heavy atom. The van der Waals surface area contributed by atoms with Crippen LogP contribution in [-0.4, -0.2) is 39.5 Å². The molecule has 1 heterocycles. The van der Waals surface area contributed by atoms with Crippen LogP contribution < -0.4 is 5.73 Å². The van der Waals surface area contributed by atoms with Gasteiger partial charge in [-0.25, -0.2) is 0 Å². The average Bonchev–Trinajstić information content (AvgIpc) is 3.06. The summed E-state index contributed by atoms with van der Waals surface area (Å²) in [6.07, 6.45) is 4.27. The van der Waals surface area contributed by atoms with Crippen LogP contribution in [0.5, 0.6) is 0 Å². The van der Waals surface area contributed by atoms with Crippen LogP contribution in [0.3, 0.4) is 0 Å². The van der Waals surface area contributed by atoms with E-state index in [-0.39, 0.29) is 6.61 Å². The zero-order valence-electron chi connectivity index (χ0n) is 9.05. The first kappa shape index (κ1) is 12.6. The molecule has 0 saturated heterocycles. The molecule has 3 N–H and O–H groups in total. The Balaban J connectivity index is 1.90. The minimum absolute atomic E-state index is 0.0544. The van der Waals surface area contributed by atoms with Gasteiger partial charge in [0.05, 0.1) is 12.1 Å². The largest absolute Gasteiger partial charge is 0.394 e. The van der Waals surface area contributed by atoms with Crippen LogP contribution in [0, 0.1) is 5.92 Å². The summed E-state index contributed by atoms with van der Waals surface area (Å²) in [7, 11) is 0. The summed E-state index contributed by atoms with van der Waals surface area (Å²) < 4.78 is 1.91. The normalized spacial score (nSPS) is 19.7. The van der Waals surface area contributed by atoms with Gasteiger partial charge in [0.25, 0.3) is 0 Å². The monoisotopic (exact) mass is 277 g/mol. The lowest BCUT2D eigenvalue weighted by Gasteiger charge is -2.25. The molecule has 0 amide bonds. The zero-order valence-corrected chi connectivity index (χ0v) is 11.5.